The largest absolute Gasteiger partial charge is 0.319 e. The number of carbonyl (C=O) groups excluding carboxylic acids is 1. The van der Waals surface area contributed by atoms with E-state index in [2.05, 4.69) is 17.4 Å². The number of carbonyl (C=O) groups is 1. The number of hydrogen-bond donors (Lipinski definition) is 1. The second kappa shape index (κ2) is 7.66. The summed E-state index contributed by atoms with van der Waals surface area (Å²) < 4.78 is 0. The number of anilines is 1. The van der Waals surface area contributed by atoms with Gasteiger partial charge in [-0.1, -0.05) is 30.3 Å². The number of nitrogens with one attached hydrogen (secondary N) is 1. The van der Waals surface area contributed by atoms with E-state index >= 15 is 0 Å². The van der Waals surface area contributed by atoms with Gasteiger partial charge in [-0.3, -0.25) is 19.8 Å². The van der Waals surface area contributed by atoms with Crippen molar-refractivity contribution in [3.8, 4) is 0 Å². The Morgan fingerprint density at radius 1 is 1.31 bits per heavy atom. The van der Waals surface area contributed by atoms with Crippen LogP contribution in [0.2, 0.25) is 0 Å². The van der Waals surface area contributed by atoms with Gasteiger partial charge in [-0.15, -0.1) is 0 Å². The maximum absolute atomic E-state index is 12.5. The fourth-order valence-electron chi connectivity index (χ4n) is 3.61. The van der Waals surface area contributed by atoms with Crippen LogP contribution in [0.4, 0.5) is 11.4 Å². The summed E-state index contributed by atoms with van der Waals surface area (Å²) in [5, 5.41) is 13.9. The molecule has 2 aromatic carbocycles. The number of amides is 1. The highest BCUT2D eigenvalue weighted by Gasteiger charge is 2.25. The lowest BCUT2D eigenvalue weighted by Gasteiger charge is -2.32. The molecule has 1 amide bonds. The van der Waals surface area contributed by atoms with Gasteiger partial charge in [0.1, 0.15) is 5.69 Å². The van der Waals surface area contributed by atoms with Crippen LogP contribution in [0.1, 0.15) is 35.6 Å². The van der Waals surface area contributed by atoms with Crippen LogP contribution in [0.3, 0.4) is 0 Å². The monoisotopic (exact) mass is 353 g/mol. The third-order valence-electron chi connectivity index (χ3n) is 4.89. The summed E-state index contributed by atoms with van der Waals surface area (Å²) in [6, 6.07) is 13.3. The number of likely N-dealkylation sites (N-methyl/N-ethyl adjacent to an activating group) is 1. The minimum absolute atomic E-state index is 0.0796. The standard InChI is InChI=1S/C20H23N3O3/c1-14-10-11-17(19(12-14)23(25)26)21-20(24)13-22(2)18-9-5-7-15-6-3-4-8-16(15)18/h3-4,6,8,10-12,18H,5,7,9,13H2,1-2H3,(H,21,24). The number of aryl methyl sites for hydroxylation is 2. The van der Waals surface area contributed by atoms with Crippen molar-refractivity contribution in [2.45, 2.75) is 32.2 Å². The van der Waals surface area contributed by atoms with E-state index in [0.717, 1.165) is 24.8 Å². The highest BCUT2D eigenvalue weighted by atomic mass is 16.6. The topological polar surface area (TPSA) is 75.5 Å². The number of nitro benzene ring substituents is 1. The zero-order valence-corrected chi connectivity index (χ0v) is 15.1. The fraction of sp³-hybridized carbons (Fsp3) is 0.350. The van der Waals surface area contributed by atoms with E-state index in [1.807, 2.05) is 24.1 Å². The van der Waals surface area contributed by atoms with Crippen molar-refractivity contribution in [2.24, 2.45) is 0 Å². The van der Waals surface area contributed by atoms with E-state index in [4.69, 9.17) is 0 Å². The molecule has 6 nitrogen and oxygen atoms in total. The highest BCUT2D eigenvalue weighted by molar-refractivity contribution is 5.94. The average Bonchev–Trinajstić information content (AvgIpc) is 2.62. The molecule has 2 aromatic rings. The van der Waals surface area contributed by atoms with Crippen molar-refractivity contribution in [1.82, 2.24) is 4.90 Å². The molecule has 1 N–H and O–H groups in total. The van der Waals surface area contributed by atoms with E-state index in [9.17, 15) is 14.9 Å². The minimum atomic E-state index is -0.469. The third-order valence-corrected chi connectivity index (χ3v) is 4.89. The molecular formula is C20H23N3O3. The molecule has 26 heavy (non-hydrogen) atoms. The van der Waals surface area contributed by atoms with Crippen LogP contribution in [0.25, 0.3) is 0 Å². The highest BCUT2D eigenvalue weighted by Crippen LogP contribution is 2.33. The number of nitrogens with zero attached hydrogens (tertiary/aromatic N) is 2. The predicted molar refractivity (Wildman–Crippen MR) is 101 cm³/mol. The fourth-order valence-corrected chi connectivity index (χ4v) is 3.61. The van der Waals surface area contributed by atoms with E-state index in [1.54, 1.807) is 19.1 Å². The first-order chi connectivity index (χ1) is 12.5. The molecule has 136 valence electrons. The molecule has 0 radical (unpaired) electrons. The molecule has 0 fully saturated rings. The van der Waals surface area contributed by atoms with Crippen LogP contribution in [-0.2, 0) is 11.2 Å². The van der Waals surface area contributed by atoms with Crippen molar-refractivity contribution in [3.05, 3.63) is 69.3 Å². The quantitative estimate of drug-likeness (QED) is 0.654. The van der Waals surface area contributed by atoms with E-state index in [0.29, 0.717) is 0 Å². The van der Waals surface area contributed by atoms with Crippen molar-refractivity contribution in [3.63, 3.8) is 0 Å². The van der Waals surface area contributed by atoms with Crippen LogP contribution >= 0.6 is 0 Å². The number of hydrogen-bond acceptors (Lipinski definition) is 4. The Morgan fingerprint density at radius 3 is 2.85 bits per heavy atom. The summed E-state index contributed by atoms with van der Waals surface area (Å²) in [5.41, 5.74) is 3.55. The summed E-state index contributed by atoms with van der Waals surface area (Å²) in [5.74, 6) is -0.248. The van der Waals surface area contributed by atoms with Gasteiger partial charge in [0, 0.05) is 12.1 Å². The van der Waals surface area contributed by atoms with Gasteiger partial charge in [0.05, 0.1) is 11.5 Å². The zero-order chi connectivity index (χ0) is 18.7. The van der Waals surface area contributed by atoms with Crippen LogP contribution in [-0.4, -0.2) is 29.3 Å². The van der Waals surface area contributed by atoms with Crippen LogP contribution in [0.15, 0.2) is 42.5 Å². The van der Waals surface area contributed by atoms with Crippen molar-refractivity contribution in [2.75, 3.05) is 18.9 Å². The normalized spacial score (nSPS) is 16.2. The Morgan fingerprint density at radius 2 is 2.08 bits per heavy atom. The third kappa shape index (κ3) is 3.91. The van der Waals surface area contributed by atoms with Crippen LogP contribution < -0.4 is 5.32 Å². The van der Waals surface area contributed by atoms with Crippen molar-refractivity contribution in [1.29, 1.82) is 0 Å². The maximum atomic E-state index is 12.5. The molecule has 1 aliphatic rings. The van der Waals surface area contributed by atoms with Gasteiger partial charge in [-0.2, -0.15) is 0 Å². The molecule has 1 aliphatic carbocycles. The summed E-state index contributed by atoms with van der Waals surface area (Å²) >= 11 is 0. The van der Waals surface area contributed by atoms with Crippen LogP contribution in [0, 0.1) is 17.0 Å². The molecule has 0 spiro atoms. The Balaban J connectivity index is 1.71. The lowest BCUT2D eigenvalue weighted by atomic mass is 9.87. The molecule has 0 heterocycles. The molecule has 1 unspecified atom stereocenters. The van der Waals surface area contributed by atoms with Gasteiger partial charge in [0.15, 0.2) is 0 Å². The van der Waals surface area contributed by atoms with Gasteiger partial charge < -0.3 is 5.32 Å². The maximum Gasteiger partial charge on any atom is 0.293 e. The van der Waals surface area contributed by atoms with Crippen molar-refractivity contribution < 1.29 is 9.72 Å². The first kappa shape index (κ1) is 18.1. The molecule has 1 atom stereocenters. The van der Waals surface area contributed by atoms with Gasteiger partial charge in [-0.05, 0) is 56.0 Å². The lowest BCUT2D eigenvalue weighted by molar-refractivity contribution is -0.384. The molecule has 0 saturated heterocycles. The SMILES string of the molecule is Cc1ccc(NC(=O)CN(C)C2CCCc3ccccc32)c([N+](=O)[O-])c1. The Hall–Kier alpha value is -2.73. The first-order valence-corrected chi connectivity index (χ1v) is 8.78. The molecule has 0 saturated carbocycles. The molecule has 3 rings (SSSR count). The molecule has 0 aromatic heterocycles. The van der Waals surface area contributed by atoms with Gasteiger partial charge >= 0.3 is 0 Å². The lowest BCUT2D eigenvalue weighted by Crippen LogP contribution is -2.35. The van der Waals surface area contributed by atoms with Crippen molar-refractivity contribution >= 4 is 17.3 Å². The van der Waals surface area contributed by atoms with E-state index in [-0.39, 0.29) is 29.9 Å². The predicted octanol–water partition coefficient (Wildman–Crippen LogP) is 3.85. The average molecular weight is 353 g/mol. The van der Waals surface area contributed by atoms with Gasteiger partial charge in [-0.25, -0.2) is 0 Å². The number of benzene rings is 2. The zero-order valence-electron chi connectivity index (χ0n) is 15.1. The summed E-state index contributed by atoms with van der Waals surface area (Å²) in [4.78, 5) is 25.2. The Labute approximate surface area is 153 Å². The smallest absolute Gasteiger partial charge is 0.293 e. The van der Waals surface area contributed by atoms with Crippen LogP contribution in [0.5, 0.6) is 0 Å². The molecular weight excluding hydrogens is 330 g/mol. The Kier molecular flexibility index (Phi) is 5.32. The molecule has 0 aliphatic heterocycles. The minimum Gasteiger partial charge on any atom is -0.319 e. The number of nitro groups is 1. The van der Waals surface area contributed by atoms with E-state index in [1.165, 1.54) is 17.2 Å². The van der Waals surface area contributed by atoms with Gasteiger partial charge in [0.2, 0.25) is 5.91 Å². The second-order valence-corrected chi connectivity index (χ2v) is 6.85. The number of rotatable bonds is 5. The van der Waals surface area contributed by atoms with Gasteiger partial charge in [0.25, 0.3) is 5.69 Å². The number of fused-ring (bicyclic) bond motifs is 1. The van der Waals surface area contributed by atoms with E-state index < -0.39 is 4.92 Å². The molecule has 6 heteroatoms. The second-order valence-electron chi connectivity index (χ2n) is 6.85. The Bertz CT molecular complexity index is 835. The summed E-state index contributed by atoms with van der Waals surface area (Å²) in [7, 11) is 1.93. The molecule has 0 bridgehead atoms. The first-order valence-electron chi connectivity index (χ1n) is 8.78. The summed E-state index contributed by atoms with van der Waals surface area (Å²) in [6.45, 7) is 1.97. The summed E-state index contributed by atoms with van der Waals surface area (Å²) in [6.07, 6.45) is 3.17.